The van der Waals surface area contributed by atoms with Gasteiger partial charge >= 0.3 is 0 Å². The highest BCUT2D eigenvalue weighted by Crippen LogP contribution is 2.44. The number of fused-ring (bicyclic) bond motifs is 2. The van der Waals surface area contributed by atoms with Crippen LogP contribution in [-0.2, 0) is 6.54 Å². The Hall–Kier alpha value is -2.13. The highest BCUT2D eigenvalue weighted by Gasteiger charge is 2.21. The Morgan fingerprint density at radius 2 is 2.08 bits per heavy atom. The number of nitrogens with zero attached hydrogens (tertiary/aromatic N) is 4. The molecule has 4 rings (SSSR count). The smallest absolute Gasteiger partial charge is 0.231 e. The molecule has 0 bridgehead atoms. The zero-order chi connectivity index (χ0) is 18.3. The third-order valence-corrected chi connectivity index (χ3v) is 5.50. The number of hydrogen-bond acceptors (Lipinski definition) is 7. The van der Waals surface area contributed by atoms with Gasteiger partial charge in [-0.25, -0.2) is 9.97 Å². The van der Waals surface area contributed by atoms with Crippen molar-refractivity contribution < 1.29 is 9.47 Å². The summed E-state index contributed by atoms with van der Waals surface area (Å²) < 4.78 is 13.2. The molecule has 1 aliphatic heterocycles. The van der Waals surface area contributed by atoms with E-state index in [0.717, 1.165) is 50.1 Å². The van der Waals surface area contributed by atoms with Gasteiger partial charge in [0.2, 0.25) is 6.79 Å². The zero-order valence-corrected chi connectivity index (χ0v) is 16.8. The van der Waals surface area contributed by atoms with Crippen molar-refractivity contribution in [2.45, 2.75) is 16.6 Å². The molecule has 0 fully saturated rings. The summed E-state index contributed by atoms with van der Waals surface area (Å²) in [5.41, 5.74) is 8.77. The van der Waals surface area contributed by atoms with Gasteiger partial charge in [0.15, 0.2) is 22.5 Å². The Kier molecular flexibility index (Phi) is 4.58. The monoisotopic (exact) mass is 435 g/mol. The predicted molar refractivity (Wildman–Crippen MR) is 107 cm³/mol. The van der Waals surface area contributed by atoms with E-state index in [1.165, 1.54) is 0 Å². The van der Waals surface area contributed by atoms with Crippen molar-refractivity contribution >= 4 is 50.2 Å². The van der Waals surface area contributed by atoms with Crippen LogP contribution in [0.25, 0.3) is 11.0 Å². The minimum atomic E-state index is 0.251. The van der Waals surface area contributed by atoms with E-state index in [1.54, 1.807) is 18.0 Å². The number of rotatable bonds is 5. The number of nitrogen functional groups attached to an aromatic ring is 1. The molecule has 2 N–H and O–H groups in total. The van der Waals surface area contributed by atoms with E-state index in [4.69, 9.17) is 20.2 Å². The van der Waals surface area contributed by atoms with Crippen LogP contribution in [0.5, 0.6) is 11.5 Å². The second-order valence-electron chi connectivity index (χ2n) is 5.97. The molecule has 0 radical (unpaired) electrons. The van der Waals surface area contributed by atoms with Crippen LogP contribution in [0.3, 0.4) is 0 Å². The summed E-state index contributed by atoms with van der Waals surface area (Å²) in [6.45, 7) is 1.03. The molecule has 7 nitrogen and oxygen atoms in total. The van der Waals surface area contributed by atoms with E-state index < -0.39 is 0 Å². The van der Waals surface area contributed by atoms with E-state index in [0.29, 0.717) is 5.82 Å². The highest BCUT2D eigenvalue weighted by atomic mass is 79.9. The number of benzene rings is 1. The Balaban J connectivity index is 1.82. The summed E-state index contributed by atoms with van der Waals surface area (Å²) in [6, 6.07) is 5.94. The minimum Gasteiger partial charge on any atom is -0.454 e. The normalized spacial score (nSPS) is 12.7. The molecule has 0 atom stereocenters. The number of imidazole rings is 1. The third-order valence-electron chi connectivity index (χ3n) is 4.11. The quantitative estimate of drug-likeness (QED) is 0.615. The number of aromatic nitrogens is 3. The molecular formula is C17H18BrN5O2S. The third kappa shape index (κ3) is 2.95. The molecule has 26 heavy (non-hydrogen) atoms. The maximum Gasteiger partial charge on any atom is 0.231 e. The van der Waals surface area contributed by atoms with Crippen molar-refractivity contribution in [1.82, 2.24) is 14.5 Å². The summed E-state index contributed by atoms with van der Waals surface area (Å²) >= 11 is 5.10. The van der Waals surface area contributed by atoms with Crippen molar-refractivity contribution in [3.8, 4) is 11.5 Å². The molecule has 0 spiro atoms. The molecule has 1 aromatic carbocycles. The topological polar surface area (TPSA) is 78.4 Å². The summed E-state index contributed by atoms with van der Waals surface area (Å²) in [4.78, 5) is 12.0. The lowest BCUT2D eigenvalue weighted by atomic mass is 10.2. The first-order valence-electron chi connectivity index (χ1n) is 8.04. The first-order valence-corrected chi connectivity index (χ1v) is 9.97. The summed E-state index contributed by atoms with van der Waals surface area (Å²) in [7, 11) is 4.01. The fraction of sp³-hybridized carbons (Fsp3) is 0.294. The molecule has 2 aromatic heterocycles. The number of aryl methyl sites for hydroxylation is 1. The van der Waals surface area contributed by atoms with Crippen LogP contribution < -0.4 is 20.1 Å². The number of alkyl halides is 1. The molecule has 3 aromatic rings. The number of halogens is 1. The largest absolute Gasteiger partial charge is 0.454 e. The van der Waals surface area contributed by atoms with Crippen LogP contribution in [0, 0.1) is 0 Å². The lowest BCUT2D eigenvalue weighted by Gasteiger charge is -2.18. The standard InChI is InChI=1S/C17H18BrN5O2S/c1-22(2)11-7-12-13(25-9-24-12)8-14(11)26-17-21-15-10(23(17)6-4-18)3-5-20-16(15)19/h3,5,7-8H,4,6,9H2,1-2H3,(H2,19,20). The number of nitrogens with two attached hydrogens (primary N) is 1. The number of anilines is 2. The fourth-order valence-electron chi connectivity index (χ4n) is 2.87. The highest BCUT2D eigenvalue weighted by molar-refractivity contribution is 9.09. The van der Waals surface area contributed by atoms with Gasteiger partial charge in [-0.1, -0.05) is 15.9 Å². The van der Waals surface area contributed by atoms with Crippen molar-refractivity contribution in [3.05, 3.63) is 24.4 Å². The van der Waals surface area contributed by atoms with Crippen molar-refractivity contribution in [2.75, 3.05) is 36.9 Å². The van der Waals surface area contributed by atoms with Gasteiger partial charge in [-0.3, -0.25) is 0 Å². The molecule has 1 aliphatic rings. The van der Waals surface area contributed by atoms with Crippen LogP contribution in [0.1, 0.15) is 0 Å². The zero-order valence-electron chi connectivity index (χ0n) is 14.4. The Morgan fingerprint density at radius 3 is 2.81 bits per heavy atom. The molecule has 9 heteroatoms. The van der Waals surface area contributed by atoms with Gasteiger partial charge in [0.1, 0.15) is 5.52 Å². The molecule has 136 valence electrons. The van der Waals surface area contributed by atoms with Gasteiger partial charge in [-0.2, -0.15) is 0 Å². The van der Waals surface area contributed by atoms with E-state index in [9.17, 15) is 0 Å². The maximum absolute atomic E-state index is 6.03. The van der Waals surface area contributed by atoms with E-state index in [-0.39, 0.29) is 6.79 Å². The second-order valence-corrected chi connectivity index (χ2v) is 7.77. The molecule has 0 saturated carbocycles. The van der Waals surface area contributed by atoms with Crippen molar-refractivity contribution in [3.63, 3.8) is 0 Å². The summed E-state index contributed by atoms with van der Waals surface area (Å²) in [5, 5.41) is 1.68. The molecule has 0 unspecified atom stereocenters. The number of ether oxygens (including phenoxy) is 2. The SMILES string of the molecule is CN(C)c1cc2c(cc1Sc1nc3c(N)nccc3n1CCBr)OCO2. The van der Waals surface area contributed by atoms with E-state index >= 15 is 0 Å². The van der Waals surface area contributed by atoms with Gasteiger partial charge < -0.3 is 24.7 Å². The lowest BCUT2D eigenvalue weighted by molar-refractivity contribution is 0.174. The Bertz CT molecular complexity index is 975. The molecule has 0 saturated heterocycles. The molecule has 0 aliphatic carbocycles. The van der Waals surface area contributed by atoms with Gasteiger partial charge in [0, 0.05) is 49.2 Å². The van der Waals surface area contributed by atoms with Crippen molar-refractivity contribution in [2.24, 2.45) is 0 Å². The van der Waals surface area contributed by atoms with E-state index in [2.05, 4.69) is 30.4 Å². The predicted octanol–water partition coefficient (Wildman–Crippen LogP) is 3.35. The van der Waals surface area contributed by atoms with Gasteiger partial charge in [0.05, 0.1) is 11.2 Å². The van der Waals surface area contributed by atoms with Crippen LogP contribution >= 0.6 is 27.7 Å². The fourth-order valence-corrected chi connectivity index (χ4v) is 4.37. The number of hydrogen-bond donors (Lipinski definition) is 1. The maximum atomic E-state index is 6.03. The average molecular weight is 436 g/mol. The Labute approximate surface area is 163 Å². The van der Waals surface area contributed by atoms with Gasteiger partial charge in [-0.05, 0) is 17.8 Å². The lowest BCUT2D eigenvalue weighted by Crippen LogP contribution is -2.10. The first-order chi connectivity index (χ1) is 12.6. The van der Waals surface area contributed by atoms with Crippen LogP contribution in [0.4, 0.5) is 11.5 Å². The Morgan fingerprint density at radius 1 is 1.31 bits per heavy atom. The molecule has 3 heterocycles. The summed E-state index contributed by atoms with van der Waals surface area (Å²) in [5.74, 6) is 1.96. The number of pyridine rings is 1. The minimum absolute atomic E-state index is 0.251. The van der Waals surface area contributed by atoms with Crippen LogP contribution in [-0.4, -0.2) is 40.8 Å². The van der Waals surface area contributed by atoms with Crippen molar-refractivity contribution in [1.29, 1.82) is 0 Å². The van der Waals surface area contributed by atoms with Gasteiger partial charge in [-0.15, -0.1) is 0 Å². The van der Waals surface area contributed by atoms with Crippen LogP contribution in [0.15, 0.2) is 34.4 Å². The van der Waals surface area contributed by atoms with Gasteiger partial charge in [0.25, 0.3) is 0 Å². The molecule has 0 amide bonds. The van der Waals surface area contributed by atoms with Crippen LogP contribution in [0.2, 0.25) is 0 Å². The summed E-state index contributed by atoms with van der Waals surface area (Å²) in [6.07, 6.45) is 1.71. The first kappa shape index (κ1) is 17.3. The molecular weight excluding hydrogens is 418 g/mol. The van der Waals surface area contributed by atoms with E-state index in [1.807, 2.05) is 32.3 Å². The average Bonchev–Trinajstić information content (AvgIpc) is 3.20. The second kappa shape index (κ2) is 6.88.